The van der Waals surface area contributed by atoms with Gasteiger partial charge in [-0.3, -0.25) is 4.90 Å². The summed E-state index contributed by atoms with van der Waals surface area (Å²) in [6.07, 6.45) is 2.50. The van der Waals surface area contributed by atoms with Gasteiger partial charge in [-0.05, 0) is 42.8 Å². The zero-order chi connectivity index (χ0) is 15.2. The molecule has 3 nitrogen and oxygen atoms in total. The van der Waals surface area contributed by atoms with Gasteiger partial charge in [-0.25, -0.2) is 4.39 Å². The zero-order valence-corrected chi connectivity index (χ0v) is 12.6. The van der Waals surface area contributed by atoms with Crippen molar-refractivity contribution in [1.82, 2.24) is 4.90 Å². The van der Waals surface area contributed by atoms with E-state index in [1.54, 1.807) is 18.4 Å². The molecule has 1 heterocycles. The Morgan fingerprint density at radius 3 is 2.62 bits per heavy atom. The van der Waals surface area contributed by atoms with E-state index in [0.29, 0.717) is 6.54 Å². The Bertz CT molecular complexity index is 541. The molecule has 114 valence electrons. The molecule has 0 saturated carbocycles. The number of hydrogen-bond acceptors (Lipinski definition) is 3. The summed E-state index contributed by atoms with van der Waals surface area (Å²) in [5.74, 6) is 0.663. The van der Waals surface area contributed by atoms with Gasteiger partial charge in [0.15, 0.2) is 0 Å². The quantitative estimate of drug-likeness (QED) is 0.845. The Labute approximate surface area is 125 Å². The molecule has 0 amide bonds. The van der Waals surface area contributed by atoms with Gasteiger partial charge in [0.25, 0.3) is 0 Å². The Morgan fingerprint density at radius 2 is 2.05 bits per heavy atom. The van der Waals surface area contributed by atoms with Gasteiger partial charge in [0, 0.05) is 6.04 Å². The molecule has 0 fully saturated rings. The number of rotatable bonds is 7. The Morgan fingerprint density at radius 1 is 1.24 bits per heavy atom. The van der Waals surface area contributed by atoms with E-state index in [9.17, 15) is 4.39 Å². The number of hydrogen-bond donors (Lipinski definition) is 1. The Kier molecular flexibility index (Phi) is 5.53. The number of benzene rings is 1. The van der Waals surface area contributed by atoms with Gasteiger partial charge in [-0.15, -0.1) is 0 Å². The van der Waals surface area contributed by atoms with Crippen LogP contribution in [0.1, 0.15) is 37.6 Å². The van der Waals surface area contributed by atoms with Crippen molar-refractivity contribution in [3.8, 4) is 0 Å². The van der Waals surface area contributed by atoms with Crippen molar-refractivity contribution in [2.75, 3.05) is 6.54 Å². The van der Waals surface area contributed by atoms with Crippen molar-refractivity contribution in [1.29, 1.82) is 0 Å². The van der Waals surface area contributed by atoms with Crippen LogP contribution in [0.15, 0.2) is 47.1 Å². The lowest BCUT2D eigenvalue weighted by Gasteiger charge is -2.34. The van der Waals surface area contributed by atoms with Crippen LogP contribution in [0, 0.1) is 5.82 Å². The van der Waals surface area contributed by atoms with Gasteiger partial charge in [-0.2, -0.15) is 0 Å². The average Bonchev–Trinajstić information content (AvgIpc) is 2.99. The fraction of sp³-hybridized carbons (Fsp3) is 0.412. The molecule has 0 radical (unpaired) electrons. The molecule has 2 N–H and O–H groups in total. The molecule has 0 bridgehead atoms. The normalized spacial score (nSPS) is 14.3. The first-order chi connectivity index (χ1) is 10.2. The second-order valence-corrected chi connectivity index (χ2v) is 5.21. The summed E-state index contributed by atoms with van der Waals surface area (Å²) >= 11 is 0. The molecule has 21 heavy (non-hydrogen) atoms. The van der Waals surface area contributed by atoms with Crippen LogP contribution in [0.25, 0.3) is 0 Å². The average molecular weight is 290 g/mol. The highest BCUT2D eigenvalue weighted by Gasteiger charge is 2.25. The number of halogens is 1. The van der Waals surface area contributed by atoms with Crippen LogP contribution in [-0.4, -0.2) is 17.5 Å². The zero-order valence-electron chi connectivity index (χ0n) is 12.6. The molecular formula is C17H23FN2O. The van der Waals surface area contributed by atoms with Crippen LogP contribution in [0.5, 0.6) is 0 Å². The third-order valence-electron chi connectivity index (χ3n) is 3.81. The topological polar surface area (TPSA) is 42.4 Å². The van der Waals surface area contributed by atoms with Gasteiger partial charge in [0.2, 0.25) is 0 Å². The van der Waals surface area contributed by atoms with E-state index in [1.807, 2.05) is 18.2 Å². The van der Waals surface area contributed by atoms with Crippen LogP contribution >= 0.6 is 0 Å². The van der Waals surface area contributed by atoms with E-state index < -0.39 is 0 Å². The molecule has 2 unspecified atom stereocenters. The standard InChI is InChI=1S/C17H23FN2O/c1-3-16(19)17(13-7-5-8-14(18)11-13)20(4-2)12-15-9-6-10-21-15/h5-11,16-17H,3-4,12,19H2,1-2H3. The van der Waals surface area contributed by atoms with Crippen molar-refractivity contribution >= 4 is 0 Å². The van der Waals surface area contributed by atoms with Crippen molar-refractivity contribution in [3.05, 3.63) is 59.8 Å². The highest BCUT2D eigenvalue weighted by Crippen LogP contribution is 2.27. The molecule has 0 saturated heterocycles. The van der Waals surface area contributed by atoms with Crippen molar-refractivity contribution in [2.45, 2.75) is 38.9 Å². The first-order valence-corrected chi connectivity index (χ1v) is 7.43. The summed E-state index contributed by atoms with van der Waals surface area (Å²) < 4.78 is 19.0. The van der Waals surface area contributed by atoms with E-state index in [2.05, 4.69) is 18.7 Å². The smallest absolute Gasteiger partial charge is 0.123 e. The van der Waals surface area contributed by atoms with Crippen LogP contribution in [0.2, 0.25) is 0 Å². The van der Waals surface area contributed by atoms with Gasteiger partial charge < -0.3 is 10.2 Å². The van der Waals surface area contributed by atoms with E-state index in [1.165, 1.54) is 6.07 Å². The highest BCUT2D eigenvalue weighted by molar-refractivity contribution is 5.22. The minimum atomic E-state index is -0.227. The molecule has 1 aromatic carbocycles. The van der Waals surface area contributed by atoms with E-state index >= 15 is 0 Å². The lowest BCUT2D eigenvalue weighted by atomic mass is 9.96. The maximum Gasteiger partial charge on any atom is 0.123 e. The molecule has 0 aliphatic carbocycles. The Balaban J connectivity index is 2.29. The number of likely N-dealkylation sites (N-methyl/N-ethyl adjacent to an activating group) is 1. The molecule has 0 aliphatic rings. The minimum Gasteiger partial charge on any atom is -0.468 e. The molecule has 2 aromatic rings. The number of nitrogens with two attached hydrogens (primary N) is 1. The fourth-order valence-electron chi connectivity index (χ4n) is 2.65. The van der Waals surface area contributed by atoms with Crippen LogP contribution < -0.4 is 5.73 Å². The van der Waals surface area contributed by atoms with Crippen molar-refractivity contribution < 1.29 is 8.81 Å². The van der Waals surface area contributed by atoms with Crippen molar-refractivity contribution in [3.63, 3.8) is 0 Å². The predicted molar refractivity (Wildman–Crippen MR) is 82.2 cm³/mol. The Hall–Kier alpha value is -1.65. The second kappa shape index (κ2) is 7.38. The largest absolute Gasteiger partial charge is 0.468 e. The maximum atomic E-state index is 13.6. The summed E-state index contributed by atoms with van der Waals surface area (Å²) in [4.78, 5) is 2.22. The lowest BCUT2D eigenvalue weighted by molar-refractivity contribution is 0.157. The summed E-state index contributed by atoms with van der Waals surface area (Å²) in [6, 6.07) is 10.5. The minimum absolute atomic E-state index is 0.0270. The molecule has 4 heteroatoms. The van der Waals surface area contributed by atoms with Gasteiger partial charge in [0.05, 0.1) is 18.8 Å². The molecular weight excluding hydrogens is 267 g/mol. The first-order valence-electron chi connectivity index (χ1n) is 7.43. The van der Waals surface area contributed by atoms with E-state index in [4.69, 9.17) is 10.2 Å². The number of nitrogens with zero attached hydrogens (tertiary/aromatic N) is 1. The van der Waals surface area contributed by atoms with Gasteiger partial charge in [-0.1, -0.05) is 26.0 Å². The summed E-state index contributed by atoms with van der Waals surface area (Å²) in [7, 11) is 0. The molecule has 0 spiro atoms. The van der Waals surface area contributed by atoms with E-state index in [-0.39, 0.29) is 17.9 Å². The molecule has 2 atom stereocenters. The van der Waals surface area contributed by atoms with Crippen molar-refractivity contribution in [2.24, 2.45) is 5.73 Å². The van der Waals surface area contributed by atoms with Gasteiger partial charge >= 0.3 is 0 Å². The van der Waals surface area contributed by atoms with Crippen LogP contribution in [-0.2, 0) is 6.54 Å². The summed E-state index contributed by atoms with van der Waals surface area (Å²) in [5.41, 5.74) is 7.22. The third kappa shape index (κ3) is 3.93. The summed E-state index contributed by atoms with van der Waals surface area (Å²) in [5, 5.41) is 0. The maximum absolute atomic E-state index is 13.6. The number of furan rings is 1. The fourth-order valence-corrected chi connectivity index (χ4v) is 2.65. The van der Waals surface area contributed by atoms with Crippen LogP contribution in [0.3, 0.4) is 0 Å². The highest BCUT2D eigenvalue weighted by atomic mass is 19.1. The molecule has 2 rings (SSSR count). The lowest BCUT2D eigenvalue weighted by Crippen LogP contribution is -2.40. The van der Waals surface area contributed by atoms with Gasteiger partial charge in [0.1, 0.15) is 11.6 Å². The molecule has 1 aromatic heterocycles. The predicted octanol–water partition coefficient (Wildman–Crippen LogP) is 3.72. The van der Waals surface area contributed by atoms with E-state index in [0.717, 1.165) is 24.3 Å². The monoisotopic (exact) mass is 290 g/mol. The second-order valence-electron chi connectivity index (χ2n) is 5.21. The third-order valence-corrected chi connectivity index (χ3v) is 3.81. The molecule has 0 aliphatic heterocycles. The first kappa shape index (κ1) is 15.7. The summed E-state index contributed by atoms with van der Waals surface area (Å²) in [6.45, 7) is 5.61. The van der Waals surface area contributed by atoms with Crippen LogP contribution in [0.4, 0.5) is 4.39 Å². The SMILES string of the molecule is CCC(N)C(c1cccc(F)c1)N(CC)Cc1ccco1.